The Morgan fingerprint density at radius 1 is 1.15 bits per heavy atom. The van der Waals surface area contributed by atoms with Gasteiger partial charge in [-0.05, 0) is 55.8 Å². The number of anilines is 1. The highest BCUT2D eigenvalue weighted by molar-refractivity contribution is 6.03. The fourth-order valence-electron chi connectivity index (χ4n) is 8.30. The van der Waals surface area contributed by atoms with Gasteiger partial charge in [0.05, 0.1) is 28.6 Å². The second-order valence-corrected chi connectivity index (χ2v) is 13.0. The summed E-state index contributed by atoms with van der Waals surface area (Å²) in [4.78, 5) is 31.1. The molecule has 0 aliphatic carbocycles. The smallest absolute Gasteiger partial charge is 0.407 e. The molecule has 0 spiro atoms. The summed E-state index contributed by atoms with van der Waals surface area (Å²) >= 11 is 0. The van der Waals surface area contributed by atoms with Gasteiger partial charge in [0.25, 0.3) is 0 Å². The minimum atomic E-state index is -0.977. The van der Waals surface area contributed by atoms with Crippen LogP contribution in [0.2, 0.25) is 0 Å². The lowest BCUT2D eigenvalue weighted by Gasteiger charge is -2.40. The number of carbonyl (C=O) groups is 1. The number of hydrogen-bond acceptors (Lipinski definition) is 8. The number of pyridine rings is 1. The Morgan fingerprint density at radius 3 is 2.68 bits per heavy atom. The number of carboxylic acid groups (broad SMARTS) is 1. The number of aromatic nitrogens is 3. The molecule has 4 aliphatic heterocycles. The average molecular weight is 645 g/mol. The van der Waals surface area contributed by atoms with Crippen LogP contribution in [0.3, 0.4) is 0 Å². The maximum atomic E-state index is 16.8. The second-order valence-electron chi connectivity index (χ2n) is 13.0. The number of piperazine rings is 1. The number of hydrogen-bond donors (Lipinski definition) is 2. The van der Waals surface area contributed by atoms with Gasteiger partial charge in [0.15, 0.2) is 5.82 Å². The van der Waals surface area contributed by atoms with E-state index in [0.29, 0.717) is 50.1 Å². The van der Waals surface area contributed by atoms with Crippen molar-refractivity contribution in [2.24, 2.45) is 0 Å². The van der Waals surface area contributed by atoms with E-state index in [0.717, 1.165) is 19.4 Å². The van der Waals surface area contributed by atoms with Crippen molar-refractivity contribution in [2.75, 3.05) is 37.7 Å². The summed E-state index contributed by atoms with van der Waals surface area (Å²) in [7, 11) is 0. The number of benzene rings is 2. The minimum Gasteiger partial charge on any atom is -0.508 e. The number of phenolic OH excluding ortho intramolecular Hbond substituents is 1. The molecule has 47 heavy (non-hydrogen) atoms. The maximum absolute atomic E-state index is 16.8. The van der Waals surface area contributed by atoms with Crippen molar-refractivity contribution in [1.82, 2.24) is 24.8 Å². The van der Waals surface area contributed by atoms with Gasteiger partial charge >= 0.3 is 12.1 Å². The number of terminal acetylenes is 1. The first-order valence-corrected chi connectivity index (χ1v) is 15.7. The van der Waals surface area contributed by atoms with Gasteiger partial charge in [-0.25, -0.2) is 18.0 Å². The zero-order valence-corrected chi connectivity index (χ0v) is 25.3. The third-order valence-electron chi connectivity index (χ3n) is 10.3. The van der Waals surface area contributed by atoms with Gasteiger partial charge in [0, 0.05) is 43.2 Å². The molecule has 13 heteroatoms. The van der Waals surface area contributed by atoms with E-state index in [-0.39, 0.29) is 63.6 Å². The lowest BCUT2D eigenvalue weighted by atomic mass is 9.95. The number of rotatable bonds is 5. The summed E-state index contributed by atoms with van der Waals surface area (Å²) in [6, 6.07) is 4.69. The van der Waals surface area contributed by atoms with Gasteiger partial charge in [-0.15, -0.1) is 6.42 Å². The standard InChI is InChI=1S/C34H31F3N6O4/c1-2-23-26(36)7-4-18-10-22(44)11-24(27(18)23)29-28(37)30-25(13-38-29)31(41-15-20-5-6-21(16-41)43(20)33(45)46)40-32(39-30)47-17-34-8-3-9-42(34)14-19(35)12-34/h1,4,7,10-11,13,19-21,44H,3,5-6,8-9,12,14-17H2,(H,45,46)/t19-,20-,21+,34+/m1/s1. The van der Waals surface area contributed by atoms with Crippen LogP contribution in [0, 0.1) is 24.0 Å². The number of aromatic hydroxyl groups is 1. The van der Waals surface area contributed by atoms with Gasteiger partial charge in [0.1, 0.15) is 41.4 Å². The predicted octanol–water partition coefficient (Wildman–Crippen LogP) is 5.10. The molecule has 8 rings (SSSR count). The van der Waals surface area contributed by atoms with Gasteiger partial charge in [-0.3, -0.25) is 14.8 Å². The number of halogens is 3. The minimum absolute atomic E-state index is 0.0861. The number of nitrogens with zero attached hydrogens (tertiary/aromatic N) is 6. The van der Waals surface area contributed by atoms with Crippen molar-refractivity contribution in [3.63, 3.8) is 0 Å². The summed E-state index contributed by atoms with van der Waals surface area (Å²) in [6.07, 6.45) is 8.53. The Kier molecular flexibility index (Phi) is 6.84. The Bertz CT molecular complexity index is 1990. The van der Waals surface area contributed by atoms with Crippen molar-refractivity contribution in [2.45, 2.75) is 55.9 Å². The van der Waals surface area contributed by atoms with E-state index in [1.807, 2.05) is 4.90 Å². The van der Waals surface area contributed by atoms with Crippen LogP contribution < -0.4 is 9.64 Å². The average Bonchev–Trinajstić information content (AvgIpc) is 3.66. The number of amides is 1. The highest BCUT2D eigenvalue weighted by Gasteiger charge is 2.49. The summed E-state index contributed by atoms with van der Waals surface area (Å²) in [5.41, 5.74) is -0.830. The Labute approximate surface area is 267 Å². The Hall–Kier alpha value is -4.83. The summed E-state index contributed by atoms with van der Waals surface area (Å²) in [6.45, 7) is 1.90. The first-order chi connectivity index (χ1) is 22.7. The number of fused-ring (bicyclic) bond motifs is 5. The molecule has 2 bridgehead atoms. The molecule has 4 atom stereocenters. The van der Waals surface area contributed by atoms with Gasteiger partial charge < -0.3 is 19.8 Å². The van der Waals surface area contributed by atoms with Crippen LogP contribution in [0.15, 0.2) is 30.5 Å². The van der Waals surface area contributed by atoms with Crippen LogP contribution in [0.4, 0.5) is 23.8 Å². The molecule has 4 aromatic rings. The van der Waals surface area contributed by atoms with E-state index in [2.05, 4.69) is 20.8 Å². The van der Waals surface area contributed by atoms with Crippen LogP contribution in [0.25, 0.3) is 32.9 Å². The zero-order valence-electron chi connectivity index (χ0n) is 25.3. The monoisotopic (exact) mass is 644 g/mol. The molecule has 242 valence electrons. The molecule has 6 heterocycles. The molecule has 4 aliphatic rings. The van der Waals surface area contributed by atoms with E-state index >= 15 is 4.39 Å². The first-order valence-electron chi connectivity index (χ1n) is 15.7. The maximum Gasteiger partial charge on any atom is 0.407 e. The van der Waals surface area contributed by atoms with E-state index in [1.165, 1.54) is 35.4 Å². The van der Waals surface area contributed by atoms with Gasteiger partial charge in [-0.2, -0.15) is 9.97 Å². The first kappa shape index (κ1) is 29.6. The van der Waals surface area contributed by atoms with Crippen LogP contribution in [0.5, 0.6) is 11.8 Å². The SMILES string of the molecule is C#Cc1c(F)ccc2cc(O)cc(-c3ncc4c(N5C[C@H]6CC[C@@H](C5)N6C(=O)O)nc(OC[C@@]56CCCN5C[C@H](F)C6)nc4c3F)c12. The fourth-order valence-corrected chi connectivity index (χ4v) is 8.30. The van der Waals surface area contributed by atoms with Crippen LogP contribution in [-0.4, -0.2) is 97.6 Å². The lowest BCUT2D eigenvalue weighted by Crippen LogP contribution is -2.55. The van der Waals surface area contributed by atoms with Crippen molar-refractivity contribution in [1.29, 1.82) is 0 Å². The third-order valence-corrected chi connectivity index (χ3v) is 10.3. The van der Waals surface area contributed by atoms with Crippen LogP contribution >= 0.6 is 0 Å². The zero-order chi connectivity index (χ0) is 32.6. The predicted molar refractivity (Wildman–Crippen MR) is 167 cm³/mol. The van der Waals surface area contributed by atoms with E-state index in [4.69, 9.17) is 16.1 Å². The molecule has 0 radical (unpaired) electrons. The largest absolute Gasteiger partial charge is 0.508 e. The van der Waals surface area contributed by atoms with E-state index < -0.39 is 29.4 Å². The molecular weight excluding hydrogens is 613 g/mol. The molecule has 4 saturated heterocycles. The highest BCUT2D eigenvalue weighted by atomic mass is 19.1. The van der Waals surface area contributed by atoms with Crippen molar-refractivity contribution < 1.29 is 32.9 Å². The topological polar surface area (TPSA) is 115 Å². The summed E-state index contributed by atoms with van der Waals surface area (Å²) < 4.78 is 52.3. The van der Waals surface area contributed by atoms with Crippen molar-refractivity contribution in [3.8, 4) is 35.4 Å². The van der Waals surface area contributed by atoms with Gasteiger partial charge in [0.2, 0.25) is 0 Å². The molecule has 2 aromatic heterocycles. The van der Waals surface area contributed by atoms with Crippen molar-refractivity contribution in [3.05, 3.63) is 47.7 Å². The molecule has 2 aromatic carbocycles. The Balaban J connectivity index is 1.27. The molecule has 1 amide bonds. The molecule has 10 nitrogen and oxygen atoms in total. The summed E-state index contributed by atoms with van der Waals surface area (Å²) in [5, 5.41) is 21.2. The number of ether oxygens (including phenoxy) is 1. The molecular formula is C34H31F3N6O4. The summed E-state index contributed by atoms with van der Waals surface area (Å²) in [5.74, 6) is 0.966. The van der Waals surface area contributed by atoms with E-state index in [1.54, 1.807) is 0 Å². The molecule has 0 unspecified atom stereocenters. The molecule has 0 saturated carbocycles. The third kappa shape index (κ3) is 4.68. The number of phenols is 1. The Morgan fingerprint density at radius 2 is 1.94 bits per heavy atom. The van der Waals surface area contributed by atoms with Crippen molar-refractivity contribution >= 4 is 33.6 Å². The normalized spacial score (nSPS) is 25.4. The second kappa shape index (κ2) is 10.9. The molecule has 2 N–H and O–H groups in total. The number of alkyl halides is 1. The van der Waals surface area contributed by atoms with Crippen LogP contribution in [0.1, 0.15) is 37.7 Å². The molecule has 4 fully saturated rings. The van der Waals surface area contributed by atoms with E-state index in [9.17, 15) is 23.8 Å². The quantitative estimate of drug-likeness (QED) is 0.287. The fraction of sp³-hybridized carbons (Fsp3) is 0.412. The van der Waals surface area contributed by atoms with Gasteiger partial charge in [-0.1, -0.05) is 12.0 Å². The highest BCUT2D eigenvalue weighted by Crippen LogP contribution is 2.42. The lowest BCUT2D eigenvalue weighted by molar-refractivity contribution is 0.107. The van der Waals surface area contributed by atoms with Crippen LogP contribution in [-0.2, 0) is 0 Å².